The van der Waals surface area contributed by atoms with E-state index in [1.807, 2.05) is 0 Å². The summed E-state index contributed by atoms with van der Waals surface area (Å²) in [5.41, 5.74) is 0.452. The van der Waals surface area contributed by atoms with Crippen molar-refractivity contribution >= 4 is 0 Å². The first-order chi connectivity index (χ1) is 7.49. The van der Waals surface area contributed by atoms with Gasteiger partial charge in [0.1, 0.15) is 0 Å². The number of ether oxygens (including phenoxy) is 1. The lowest BCUT2D eigenvalue weighted by atomic mass is 9.79. The summed E-state index contributed by atoms with van der Waals surface area (Å²) in [4.78, 5) is 0. The van der Waals surface area contributed by atoms with Crippen molar-refractivity contribution in [3.8, 4) is 0 Å². The Balaban J connectivity index is 1.86. The highest BCUT2D eigenvalue weighted by Crippen LogP contribution is 2.41. The normalized spacial score (nSPS) is 35.6. The molecule has 0 radical (unpaired) electrons. The topological polar surface area (TPSA) is 21.3 Å². The molecule has 4 unspecified atom stereocenters. The van der Waals surface area contributed by atoms with E-state index in [2.05, 4.69) is 33.1 Å². The van der Waals surface area contributed by atoms with Gasteiger partial charge >= 0.3 is 0 Å². The van der Waals surface area contributed by atoms with E-state index >= 15 is 0 Å². The Morgan fingerprint density at radius 1 is 1.31 bits per heavy atom. The van der Waals surface area contributed by atoms with Gasteiger partial charge in [0.05, 0.1) is 12.2 Å². The lowest BCUT2D eigenvalue weighted by Gasteiger charge is -2.30. The first kappa shape index (κ1) is 12.4. The summed E-state index contributed by atoms with van der Waals surface area (Å²) in [6, 6.07) is 0.662. The third-order valence-corrected chi connectivity index (χ3v) is 4.25. The smallest absolute Gasteiger partial charge is 0.0623 e. The lowest BCUT2D eigenvalue weighted by molar-refractivity contribution is 0.0845. The van der Waals surface area contributed by atoms with Crippen LogP contribution in [0.25, 0.3) is 0 Å². The molecule has 2 heterocycles. The van der Waals surface area contributed by atoms with Crippen LogP contribution in [-0.2, 0) is 4.74 Å². The first-order valence-corrected chi connectivity index (χ1v) is 6.82. The fraction of sp³-hybridized carbons (Fsp3) is 1.00. The van der Waals surface area contributed by atoms with Crippen molar-refractivity contribution < 1.29 is 4.74 Å². The minimum atomic E-state index is 0.452. The molecular weight excluding hydrogens is 198 g/mol. The second-order valence-electron chi connectivity index (χ2n) is 6.77. The quantitative estimate of drug-likeness (QED) is 0.794. The van der Waals surface area contributed by atoms with E-state index in [0.29, 0.717) is 23.7 Å². The Morgan fingerprint density at radius 3 is 2.50 bits per heavy atom. The van der Waals surface area contributed by atoms with Crippen molar-refractivity contribution in [3.05, 3.63) is 0 Å². The molecule has 16 heavy (non-hydrogen) atoms. The van der Waals surface area contributed by atoms with E-state index in [1.165, 1.54) is 32.1 Å². The average Bonchev–Trinajstić information content (AvgIpc) is 2.78. The average molecular weight is 225 g/mol. The van der Waals surface area contributed by atoms with Gasteiger partial charge in [-0.25, -0.2) is 0 Å². The molecule has 2 heteroatoms. The Labute approximate surface area is 100 Å². The maximum atomic E-state index is 5.96. The van der Waals surface area contributed by atoms with Crippen molar-refractivity contribution in [1.82, 2.24) is 5.32 Å². The van der Waals surface area contributed by atoms with Crippen molar-refractivity contribution in [2.75, 3.05) is 7.05 Å². The van der Waals surface area contributed by atoms with Crippen molar-refractivity contribution in [2.45, 2.75) is 71.1 Å². The summed E-state index contributed by atoms with van der Waals surface area (Å²) in [6.07, 6.45) is 7.62. The molecule has 0 aliphatic carbocycles. The van der Waals surface area contributed by atoms with Gasteiger partial charge in [-0.05, 0) is 44.6 Å². The lowest BCUT2D eigenvalue weighted by Crippen LogP contribution is -2.39. The molecule has 2 rings (SSSR count). The Bertz CT molecular complexity index is 233. The summed E-state index contributed by atoms with van der Waals surface area (Å²) in [7, 11) is 2.11. The predicted octanol–water partition coefficient (Wildman–Crippen LogP) is 2.97. The van der Waals surface area contributed by atoms with Gasteiger partial charge in [-0.1, -0.05) is 20.8 Å². The zero-order valence-electron chi connectivity index (χ0n) is 11.3. The van der Waals surface area contributed by atoms with E-state index < -0.39 is 0 Å². The summed E-state index contributed by atoms with van der Waals surface area (Å²) in [5, 5.41) is 3.52. The molecule has 2 saturated heterocycles. The molecule has 1 N–H and O–H groups in total. The molecule has 0 spiro atoms. The highest BCUT2D eigenvalue weighted by Gasteiger charge is 2.43. The molecule has 2 aliphatic rings. The molecule has 2 aliphatic heterocycles. The van der Waals surface area contributed by atoms with Crippen LogP contribution in [0.15, 0.2) is 0 Å². The molecule has 94 valence electrons. The monoisotopic (exact) mass is 225 g/mol. The van der Waals surface area contributed by atoms with Gasteiger partial charge < -0.3 is 10.1 Å². The zero-order valence-corrected chi connectivity index (χ0v) is 11.3. The Kier molecular flexibility index (Phi) is 3.60. The van der Waals surface area contributed by atoms with Crippen LogP contribution in [0.1, 0.15) is 52.9 Å². The standard InChI is InChI=1S/C14H27NO/c1-14(2,3)8-7-12(15-4)11-9-10-5-6-13(11)16-10/h10-13,15H,5-9H2,1-4H3. The van der Waals surface area contributed by atoms with Crippen molar-refractivity contribution in [2.24, 2.45) is 11.3 Å². The SMILES string of the molecule is CNC(CCC(C)(C)C)C1CC2CCC1O2. The maximum absolute atomic E-state index is 5.96. The second-order valence-corrected chi connectivity index (χ2v) is 6.77. The Morgan fingerprint density at radius 2 is 2.06 bits per heavy atom. The maximum Gasteiger partial charge on any atom is 0.0623 e. The van der Waals surface area contributed by atoms with E-state index in [9.17, 15) is 0 Å². The number of rotatable bonds is 4. The van der Waals surface area contributed by atoms with Crippen LogP contribution in [-0.4, -0.2) is 25.3 Å². The van der Waals surface area contributed by atoms with E-state index in [-0.39, 0.29) is 0 Å². The Hall–Kier alpha value is -0.0800. The fourth-order valence-electron chi connectivity index (χ4n) is 3.26. The van der Waals surface area contributed by atoms with Gasteiger partial charge in [0, 0.05) is 12.0 Å². The van der Waals surface area contributed by atoms with Crippen LogP contribution in [0.2, 0.25) is 0 Å². The summed E-state index contributed by atoms with van der Waals surface area (Å²) >= 11 is 0. The molecule has 0 amide bonds. The molecule has 0 aromatic rings. The third-order valence-electron chi connectivity index (χ3n) is 4.25. The van der Waals surface area contributed by atoms with Gasteiger partial charge in [-0.2, -0.15) is 0 Å². The van der Waals surface area contributed by atoms with Crippen LogP contribution in [0.5, 0.6) is 0 Å². The summed E-state index contributed by atoms with van der Waals surface area (Å²) in [6.45, 7) is 6.99. The zero-order chi connectivity index (χ0) is 11.8. The molecular formula is C14H27NO. The predicted molar refractivity (Wildman–Crippen MR) is 67.5 cm³/mol. The van der Waals surface area contributed by atoms with Crippen molar-refractivity contribution in [3.63, 3.8) is 0 Å². The third kappa shape index (κ3) is 2.78. The van der Waals surface area contributed by atoms with Crippen LogP contribution in [0.3, 0.4) is 0 Å². The molecule has 0 aromatic heterocycles. The van der Waals surface area contributed by atoms with E-state index in [0.717, 1.165) is 5.92 Å². The highest BCUT2D eigenvalue weighted by molar-refractivity contribution is 4.95. The number of hydrogen-bond acceptors (Lipinski definition) is 2. The molecule has 0 aromatic carbocycles. The number of fused-ring (bicyclic) bond motifs is 2. The van der Waals surface area contributed by atoms with Gasteiger partial charge in [0.25, 0.3) is 0 Å². The van der Waals surface area contributed by atoms with E-state index in [4.69, 9.17) is 4.74 Å². The highest BCUT2D eigenvalue weighted by atomic mass is 16.5. The van der Waals surface area contributed by atoms with Gasteiger partial charge in [-0.3, -0.25) is 0 Å². The molecule has 4 atom stereocenters. The van der Waals surface area contributed by atoms with Gasteiger partial charge in [0.2, 0.25) is 0 Å². The fourth-order valence-corrected chi connectivity index (χ4v) is 3.26. The van der Waals surface area contributed by atoms with Crippen LogP contribution >= 0.6 is 0 Å². The number of hydrogen-bond donors (Lipinski definition) is 1. The summed E-state index contributed by atoms with van der Waals surface area (Å²) < 4.78 is 5.96. The van der Waals surface area contributed by atoms with E-state index in [1.54, 1.807) is 0 Å². The second kappa shape index (κ2) is 4.66. The minimum Gasteiger partial charge on any atom is -0.375 e. The van der Waals surface area contributed by atoms with Crippen molar-refractivity contribution in [1.29, 1.82) is 0 Å². The first-order valence-electron chi connectivity index (χ1n) is 6.82. The van der Waals surface area contributed by atoms with Gasteiger partial charge in [-0.15, -0.1) is 0 Å². The minimum absolute atomic E-state index is 0.452. The number of nitrogens with one attached hydrogen (secondary N) is 1. The summed E-state index contributed by atoms with van der Waals surface area (Å²) in [5.74, 6) is 0.770. The van der Waals surface area contributed by atoms with Gasteiger partial charge in [0.15, 0.2) is 0 Å². The molecule has 0 saturated carbocycles. The largest absolute Gasteiger partial charge is 0.375 e. The van der Waals surface area contributed by atoms with Crippen LogP contribution < -0.4 is 5.32 Å². The van der Waals surface area contributed by atoms with Crippen LogP contribution in [0.4, 0.5) is 0 Å². The van der Waals surface area contributed by atoms with Crippen LogP contribution in [0, 0.1) is 11.3 Å². The molecule has 2 nitrogen and oxygen atoms in total. The molecule has 2 bridgehead atoms. The molecule has 2 fully saturated rings.